The Morgan fingerprint density at radius 1 is 0.574 bits per heavy atom. The summed E-state index contributed by atoms with van der Waals surface area (Å²) >= 11 is 0. The van der Waals surface area contributed by atoms with Gasteiger partial charge in [-0.3, -0.25) is 0 Å². The van der Waals surface area contributed by atoms with E-state index in [9.17, 15) is 0 Å². The first-order valence-corrected chi connectivity index (χ1v) is 19.0. The van der Waals surface area contributed by atoms with Crippen molar-refractivity contribution in [2.75, 3.05) is 0 Å². The summed E-state index contributed by atoms with van der Waals surface area (Å²) in [4.78, 5) is 5.05. The molecule has 4 nitrogen and oxygen atoms in total. The number of aromatic nitrogens is 3. The van der Waals surface area contributed by atoms with Gasteiger partial charge in [-0.1, -0.05) is 137 Å². The lowest BCUT2D eigenvalue weighted by Gasteiger charge is -2.21. The molecular formula is C50H44N3O+. The van der Waals surface area contributed by atoms with Gasteiger partial charge in [0.1, 0.15) is 11.3 Å². The molecule has 54 heavy (non-hydrogen) atoms. The number of para-hydroxylation sites is 2. The normalized spacial score (nSPS) is 11.9. The predicted octanol–water partition coefficient (Wildman–Crippen LogP) is 13.0. The van der Waals surface area contributed by atoms with Crippen molar-refractivity contribution in [3.63, 3.8) is 0 Å². The molecule has 0 N–H and O–H groups in total. The average Bonchev–Trinajstić information content (AvgIpc) is 3.72. The fraction of sp³-hybridized carbons (Fsp3) is 0.160. The lowest BCUT2D eigenvalue weighted by atomic mass is 9.87. The van der Waals surface area contributed by atoms with Crippen LogP contribution in [0.4, 0.5) is 0 Å². The summed E-state index contributed by atoms with van der Waals surface area (Å²) in [6.45, 7) is 11.5. The van der Waals surface area contributed by atoms with Crippen LogP contribution in [0.3, 0.4) is 0 Å². The maximum absolute atomic E-state index is 6.86. The molecule has 9 rings (SSSR count). The van der Waals surface area contributed by atoms with Crippen molar-refractivity contribution < 1.29 is 8.98 Å². The highest BCUT2D eigenvalue weighted by Gasteiger charge is 2.34. The van der Waals surface area contributed by atoms with E-state index in [0.29, 0.717) is 5.71 Å². The minimum absolute atomic E-state index is 0.268. The fourth-order valence-electron chi connectivity index (χ4n) is 8.16. The Morgan fingerprint density at radius 3 is 1.78 bits per heavy atom. The summed E-state index contributed by atoms with van der Waals surface area (Å²) < 4.78 is 11.7. The minimum Gasteiger partial charge on any atom is -0.437 e. The lowest BCUT2D eigenvalue weighted by molar-refractivity contribution is -0.633. The quantitative estimate of drug-likeness (QED) is 0.155. The van der Waals surface area contributed by atoms with E-state index in [1.807, 2.05) is 18.2 Å². The number of hydrogen-bond acceptors (Lipinski definition) is 2. The Balaban J connectivity index is 1.30. The number of rotatable bonds is 7. The summed E-state index contributed by atoms with van der Waals surface area (Å²) in [6.07, 6.45) is 0. The zero-order valence-electron chi connectivity index (χ0n) is 31.8. The van der Waals surface area contributed by atoms with Crippen LogP contribution in [0.25, 0.3) is 83.7 Å². The molecule has 4 heteroatoms. The number of nitrogens with zero attached hydrogens (tertiary/aromatic N) is 3. The molecule has 0 bridgehead atoms. The molecule has 3 heterocycles. The standard InChI is InChI=1S/C50H44N3O/c1-31(2)41-29-38(36-24-22-35(23-25-36)34-15-9-7-10-16-34)30-42(32(3)4)47(41)53-45-20-14-13-19-44(45)52(6)50(53)46-33(5)21-26-39-40-27-28-43(37-17-11-8-12-18-37)51-49(40)54-48(39)46/h7-32H,1-6H3/q+1. The third-order valence-corrected chi connectivity index (χ3v) is 11.0. The molecule has 0 saturated carbocycles. The highest BCUT2D eigenvalue weighted by Crippen LogP contribution is 2.43. The van der Waals surface area contributed by atoms with Gasteiger partial charge < -0.3 is 4.42 Å². The minimum atomic E-state index is 0.268. The Morgan fingerprint density at radius 2 is 1.13 bits per heavy atom. The second kappa shape index (κ2) is 13.3. The van der Waals surface area contributed by atoms with Crippen molar-refractivity contribution in [1.29, 1.82) is 0 Å². The third-order valence-electron chi connectivity index (χ3n) is 11.0. The first-order valence-electron chi connectivity index (χ1n) is 19.0. The molecule has 0 aliphatic heterocycles. The average molecular weight is 703 g/mol. The smallest absolute Gasteiger partial charge is 0.299 e. The summed E-state index contributed by atoms with van der Waals surface area (Å²) in [5.41, 5.74) is 16.8. The number of benzene rings is 6. The van der Waals surface area contributed by atoms with E-state index in [1.165, 1.54) is 39.1 Å². The molecule has 0 saturated heterocycles. The lowest BCUT2D eigenvalue weighted by Crippen LogP contribution is -2.30. The molecule has 0 spiro atoms. The number of furan rings is 1. The molecule has 0 aliphatic rings. The van der Waals surface area contributed by atoms with Crippen LogP contribution in [0.2, 0.25) is 0 Å². The van der Waals surface area contributed by atoms with Gasteiger partial charge in [0.25, 0.3) is 5.82 Å². The molecule has 0 fully saturated rings. The Kier molecular flexibility index (Phi) is 8.27. The van der Waals surface area contributed by atoms with Crippen molar-refractivity contribution in [3.05, 3.63) is 162 Å². The Hall–Kier alpha value is -6.26. The van der Waals surface area contributed by atoms with Crippen molar-refractivity contribution >= 4 is 33.1 Å². The Bertz CT molecular complexity index is 2790. The van der Waals surface area contributed by atoms with Crippen LogP contribution in [0.15, 0.2) is 150 Å². The molecule has 0 amide bonds. The van der Waals surface area contributed by atoms with E-state index in [-0.39, 0.29) is 11.8 Å². The van der Waals surface area contributed by atoms with Gasteiger partial charge in [0.05, 0.1) is 12.7 Å². The van der Waals surface area contributed by atoms with E-state index in [4.69, 9.17) is 9.40 Å². The SMILES string of the molecule is Cc1ccc2c(oc3nc(-c4ccccc4)ccc32)c1-c1n(-c2c(C(C)C)cc(-c3ccc(-c4ccccc4)cc3)cc2C(C)C)c2ccccc2[n+]1C. The van der Waals surface area contributed by atoms with Gasteiger partial charge in [0.2, 0.25) is 5.71 Å². The molecule has 0 unspecified atom stereocenters. The van der Waals surface area contributed by atoms with Crippen LogP contribution in [0.5, 0.6) is 0 Å². The fourth-order valence-corrected chi connectivity index (χ4v) is 8.16. The topological polar surface area (TPSA) is 34.8 Å². The van der Waals surface area contributed by atoms with Gasteiger partial charge in [-0.25, -0.2) is 9.55 Å². The van der Waals surface area contributed by atoms with Gasteiger partial charge in [-0.2, -0.15) is 4.57 Å². The molecule has 0 atom stereocenters. The van der Waals surface area contributed by atoms with Crippen molar-refractivity contribution in [2.24, 2.45) is 7.05 Å². The first-order chi connectivity index (χ1) is 26.3. The molecule has 6 aromatic carbocycles. The third kappa shape index (κ3) is 5.52. The van der Waals surface area contributed by atoms with Crippen LogP contribution in [-0.2, 0) is 7.05 Å². The first kappa shape index (κ1) is 33.6. The largest absolute Gasteiger partial charge is 0.437 e. The summed E-state index contributed by atoms with van der Waals surface area (Å²) in [5.74, 6) is 1.62. The van der Waals surface area contributed by atoms with Gasteiger partial charge in [-0.15, -0.1) is 0 Å². The molecule has 0 aliphatic carbocycles. The van der Waals surface area contributed by atoms with Crippen molar-refractivity contribution in [3.8, 4) is 50.6 Å². The monoisotopic (exact) mass is 702 g/mol. The van der Waals surface area contributed by atoms with Crippen LogP contribution < -0.4 is 4.57 Å². The van der Waals surface area contributed by atoms with Crippen molar-refractivity contribution in [1.82, 2.24) is 9.55 Å². The second-order valence-corrected chi connectivity index (χ2v) is 15.1. The van der Waals surface area contributed by atoms with Gasteiger partial charge in [-0.05, 0) is 83.0 Å². The second-order valence-electron chi connectivity index (χ2n) is 15.1. The molecular weight excluding hydrogens is 659 g/mol. The number of hydrogen-bond donors (Lipinski definition) is 0. The van der Waals surface area contributed by atoms with Crippen LogP contribution in [0, 0.1) is 6.92 Å². The number of aryl methyl sites for hydroxylation is 2. The number of imidazole rings is 1. The van der Waals surface area contributed by atoms with Crippen LogP contribution in [0.1, 0.15) is 56.2 Å². The maximum Gasteiger partial charge on any atom is 0.299 e. The molecule has 0 radical (unpaired) electrons. The van der Waals surface area contributed by atoms with Crippen molar-refractivity contribution in [2.45, 2.75) is 46.5 Å². The molecule has 3 aromatic heterocycles. The summed E-state index contributed by atoms with van der Waals surface area (Å²) in [6, 6.07) is 52.2. The number of pyridine rings is 1. The zero-order valence-corrected chi connectivity index (χ0v) is 31.8. The van der Waals surface area contributed by atoms with Gasteiger partial charge >= 0.3 is 0 Å². The number of fused-ring (bicyclic) bond motifs is 4. The van der Waals surface area contributed by atoms with Gasteiger partial charge in [0.15, 0.2) is 16.6 Å². The Labute approximate surface area is 317 Å². The maximum atomic E-state index is 6.86. The highest BCUT2D eigenvalue weighted by atomic mass is 16.3. The zero-order chi connectivity index (χ0) is 37.1. The van der Waals surface area contributed by atoms with Crippen LogP contribution in [-0.4, -0.2) is 9.55 Å². The molecule has 264 valence electrons. The van der Waals surface area contributed by atoms with E-state index in [1.54, 1.807) is 0 Å². The molecule has 9 aromatic rings. The van der Waals surface area contributed by atoms with Gasteiger partial charge in [0, 0.05) is 27.5 Å². The van der Waals surface area contributed by atoms with E-state index < -0.39 is 0 Å². The summed E-state index contributed by atoms with van der Waals surface area (Å²) in [5, 5.41) is 2.08. The predicted molar refractivity (Wildman–Crippen MR) is 224 cm³/mol. The highest BCUT2D eigenvalue weighted by molar-refractivity contribution is 6.09. The van der Waals surface area contributed by atoms with E-state index in [2.05, 4.69) is 178 Å². The van der Waals surface area contributed by atoms with E-state index >= 15 is 0 Å². The van der Waals surface area contributed by atoms with Crippen LogP contribution >= 0.6 is 0 Å². The summed E-state index contributed by atoms with van der Waals surface area (Å²) in [7, 11) is 2.19. The van der Waals surface area contributed by atoms with E-state index in [0.717, 1.165) is 55.6 Å².